The molecule has 2 aromatic heterocycles. The summed E-state index contributed by atoms with van der Waals surface area (Å²) in [5.41, 5.74) is 2.27. The van der Waals surface area contributed by atoms with E-state index >= 15 is 0 Å². The standard InChI is InChI=1S/C17H13ClN4O2S2/c1-8-19-10-4-5-11-15(14(10)25-8)26-17(21-11)22-16(23)20-12-7-9(18)3-6-13(12)24-2/h3-7H,1-2H3,(H2,20,21,22,23). The summed E-state index contributed by atoms with van der Waals surface area (Å²) >= 11 is 9.03. The Morgan fingerprint density at radius 3 is 2.58 bits per heavy atom. The Morgan fingerprint density at radius 2 is 1.81 bits per heavy atom. The SMILES string of the molecule is COc1ccc(Cl)cc1NC(=O)Nc1nc2ccc3nc(C)sc3c2s1. The number of hydrogen-bond acceptors (Lipinski definition) is 6. The van der Waals surface area contributed by atoms with Crippen LogP contribution in [-0.2, 0) is 0 Å². The molecule has 4 rings (SSSR count). The maximum Gasteiger partial charge on any atom is 0.325 e. The number of amides is 2. The number of carbonyl (C=O) groups excluding carboxylic acids is 1. The molecule has 0 aliphatic rings. The monoisotopic (exact) mass is 404 g/mol. The molecule has 132 valence electrons. The van der Waals surface area contributed by atoms with E-state index in [0.717, 1.165) is 25.4 Å². The predicted molar refractivity (Wildman–Crippen MR) is 108 cm³/mol. The molecule has 0 radical (unpaired) electrons. The average molecular weight is 405 g/mol. The van der Waals surface area contributed by atoms with Crippen molar-refractivity contribution >= 4 is 71.6 Å². The van der Waals surface area contributed by atoms with Gasteiger partial charge in [0.2, 0.25) is 0 Å². The van der Waals surface area contributed by atoms with Crippen LogP contribution in [-0.4, -0.2) is 23.1 Å². The molecule has 26 heavy (non-hydrogen) atoms. The molecule has 0 aliphatic carbocycles. The van der Waals surface area contributed by atoms with Gasteiger partial charge in [0.1, 0.15) is 5.75 Å². The second kappa shape index (κ2) is 6.71. The Hall–Kier alpha value is -2.42. The van der Waals surface area contributed by atoms with Crippen LogP contribution in [0.3, 0.4) is 0 Å². The summed E-state index contributed by atoms with van der Waals surface area (Å²) in [6, 6.07) is 8.46. The van der Waals surface area contributed by atoms with Crippen LogP contribution >= 0.6 is 34.3 Å². The first kappa shape index (κ1) is 17.0. The fraction of sp³-hybridized carbons (Fsp3) is 0.118. The maximum atomic E-state index is 12.3. The molecule has 0 bridgehead atoms. The Bertz CT molecular complexity index is 1140. The van der Waals surface area contributed by atoms with Gasteiger partial charge in [0, 0.05) is 5.02 Å². The third kappa shape index (κ3) is 3.18. The normalized spacial score (nSPS) is 11.0. The quantitative estimate of drug-likeness (QED) is 0.471. The van der Waals surface area contributed by atoms with Gasteiger partial charge in [-0.3, -0.25) is 5.32 Å². The van der Waals surface area contributed by atoms with Crippen LogP contribution in [0.15, 0.2) is 30.3 Å². The van der Waals surface area contributed by atoms with Crippen molar-refractivity contribution in [1.82, 2.24) is 9.97 Å². The summed E-state index contributed by atoms with van der Waals surface area (Å²) < 4.78 is 7.33. The Balaban J connectivity index is 1.60. The number of anilines is 2. The number of carbonyl (C=O) groups is 1. The topological polar surface area (TPSA) is 76.1 Å². The molecule has 0 spiro atoms. The molecule has 2 aromatic carbocycles. The van der Waals surface area contributed by atoms with Crippen LogP contribution in [0.5, 0.6) is 5.75 Å². The summed E-state index contributed by atoms with van der Waals surface area (Å²) in [6.45, 7) is 1.97. The van der Waals surface area contributed by atoms with E-state index in [4.69, 9.17) is 16.3 Å². The first-order chi connectivity index (χ1) is 12.5. The molecule has 4 aromatic rings. The molecule has 2 heterocycles. The lowest BCUT2D eigenvalue weighted by Gasteiger charge is -2.10. The molecule has 0 atom stereocenters. The van der Waals surface area contributed by atoms with E-state index in [1.165, 1.54) is 18.4 Å². The number of ether oxygens (including phenoxy) is 1. The number of aromatic nitrogens is 2. The van der Waals surface area contributed by atoms with Crippen LogP contribution in [0.2, 0.25) is 5.02 Å². The van der Waals surface area contributed by atoms with Gasteiger partial charge < -0.3 is 10.1 Å². The highest BCUT2D eigenvalue weighted by atomic mass is 35.5. The van der Waals surface area contributed by atoms with Crippen molar-refractivity contribution in [2.24, 2.45) is 0 Å². The van der Waals surface area contributed by atoms with Crippen molar-refractivity contribution in [1.29, 1.82) is 0 Å². The zero-order valence-corrected chi connectivity index (χ0v) is 16.2. The molecular formula is C17H13ClN4O2S2. The van der Waals surface area contributed by atoms with Gasteiger partial charge in [-0.2, -0.15) is 0 Å². The lowest BCUT2D eigenvalue weighted by atomic mass is 10.3. The highest BCUT2D eigenvalue weighted by Crippen LogP contribution is 2.36. The van der Waals surface area contributed by atoms with Gasteiger partial charge in [-0.25, -0.2) is 14.8 Å². The molecule has 0 fully saturated rings. The van der Waals surface area contributed by atoms with Gasteiger partial charge in [0.05, 0.1) is 38.2 Å². The molecule has 6 nitrogen and oxygen atoms in total. The Labute approximate surface area is 161 Å². The number of urea groups is 1. The van der Waals surface area contributed by atoms with Crippen molar-refractivity contribution in [3.63, 3.8) is 0 Å². The fourth-order valence-corrected chi connectivity index (χ4v) is 4.74. The van der Waals surface area contributed by atoms with Gasteiger partial charge in [-0.15, -0.1) is 11.3 Å². The summed E-state index contributed by atoms with van der Waals surface area (Å²) in [5, 5.41) is 7.51. The number of fused-ring (bicyclic) bond motifs is 3. The molecule has 0 saturated heterocycles. The van der Waals surface area contributed by atoms with Gasteiger partial charge in [-0.05, 0) is 37.3 Å². The van der Waals surface area contributed by atoms with E-state index in [-0.39, 0.29) is 0 Å². The minimum absolute atomic E-state index is 0.415. The summed E-state index contributed by atoms with van der Waals surface area (Å²) in [6.07, 6.45) is 0. The molecule has 0 saturated carbocycles. The Morgan fingerprint density at radius 1 is 1.08 bits per heavy atom. The first-order valence-corrected chi connectivity index (χ1v) is 9.63. The fourth-order valence-electron chi connectivity index (χ4n) is 2.57. The van der Waals surface area contributed by atoms with E-state index < -0.39 is 6.03 Å². The van der Waals surface area contributed by atoms with E-state index in [0.29, 0.717) is 21.6 Å². The zero-order valence-electron chi connectivity index (χ0n) is 13.8. The second-order valence-corrected chi connectivity index (χ2v) is 8.08. The van der Waals surface area contributed by atoms with E-state index in [9.17, 15) is 4.79 Å². The van der Waals surface area contributed by atoms with Crippen LogP contribution < -0.4 is 15.4 Å². The van der Waals surface area contributed by atoms with Crippen molar-refractivity contribution in [2.45, 2.75) is 6.92 Å². The summed E-state index contributed by atoms with van der Waals surface area (Å²) in [4.78, 5) is 21.3. The summed E-state index contributed by atoms with van der Waals surface area (Å²) in [7, 11) is 1.53. The van der Waals surface area contributed by atoms with Crippen LogP contribution in [0.1, 0.15) is 5.01 Å². The lowest BCUT2D eigenvalue weighted by molar-refractivity contribution is 0.262. The van der Waals surface area contributed by atoms with Crippen molar-refractivity contribution in [2.75, 3.05) is 17.7 Å². The van der Waals surface area contributed by atoms with Crippen LogP contribution in [0, 0.1) is 6.92 Å². The number of nitrogens with zero attached hydrogens (tertiary/aromatic N) is 2. The second-order valence-electron chi connectivity index (χ2n) is 5.44. The van der Waals surface area contributed by atoms with Crippen LogP contribution in [0.4, 0.5) is 15.6 Å². The number of hydrogen-bond donors (Lipinski definition) is 2. The van der Waals surface area contributed by atoms with Gasteiger partial charge >= 0.3 is 6.03 Å². The van der Waals surface area contributed by atoms with Crippen molar-refractivity contribution < 1.29 is 9.53 Å². The largest absolute Gasteiger partial charge is 0.495 e. The van der Waals surface area contributed by atoms with E-state index in [2.05, 4.69) is 20.6 Å². The van der Waals surface area contributed by atoms with Gasteiger partial charge in [-0.1, -0.05) is 22.9 Å². The highest BCUT2D eigenvalue weighted by Gasteiger charge is 2.14. The number of methoxy groups -OCH3 is 1. The minimum atomic E-state index is -0.415. The molecule has 2 N–H and O–H groups in total. The number of benzene rings is 2. The average Bonchev–Trinajstić information content (AvgIpc) is 3.16. The van der Waals surface area contributed by atoms with E-state index in [1.54, 1.807) is 29.5 Å². The van der Waals surface area contributed by atoms with E-state index in [1.807, 2.05) is 19.1 Å². The number of nitrogens with one attached hydrogen (secondary N) is 2. The molecule has 0 aliphatic heterocycles. The molecule has 9 heteroatoms. The maximum absolute atomic E-state index is 12.3. The third-order valence-electron chi connectivity index (χ3n) is 3.65. The zero-order chi connectivity index (χ0) is 18.3. The molecular weight excluding hydrogens is 392 g/mol. The van der Waals surface area contributed by atoms with Crippen molar-refractivity contribution in [3.05, 3.63) is 40.4 Å². The number of rotatable bonds is 3. The predicted octanol–water partition coefficient (Wildman–Crippen LogP) is 5.52. The molecule has 2 amide bonds. The van der Waals surface area contributed by atoms with Crippen LogP contribution in [0.25, 0.3) is 20.4 Å². The highest BCUT2D eigenvalue weighted by molar-refractivity contribution is 7.28. The van der Waals surface area contributed by atoms with Crippen molar-refractivity contribution in [3.8, 4) is 5.75 Å². The summed E-state index contributed by atoms with van der Waals surface area (Å²) in [5.74, 6) is 0.524. The number of halogens is 1. The molecule has 0 unspecified atom stereocenters. The van der Waals surface area contributed by atoms with Gasteiger partial charge in [0.15, 0.2) is 5.13 Å². The number of aryl methyl sites for hydroxylation is 1. The lowest BCUT2D eigenvalue weighted by Crippen LogP contribution is -2.19. The number of thiazole rings is 2. The minimum Gasteiger partial charge on any atom is -0.495 e. The Kier molecular flexibility index (Phi) is 4.39. The van der Waals surface area contributed by atoms with Gasteiger partial charge in [0.25, 0.3) is 0 Å². The smallest absolute Gasteiger partial charge is 0.325 e. The third-order valence-corrected chi connectivity index (χ3v) is 6.02. The first-order valence-electron chi connectivity index (χ1n) is 7.62.